The van der Waals surface area contributed by atoms with Crippen LogP contribution in [0.4, 0.5) is 5.69 Å². The third-order valence-electron chi connectivity index (χ3n) is 2.30. The van der Waals surface area contributed by atoms with Crippen LogP contribution in [0.3, 0.4) is 0 Å². The molecule has 0 saturated heterocycles. The topological polar surface area (TPSA) is 24.1 Å². The van der Waals surface area contributed by atoms with E-state index in [2.05, 4.69) is 30.5 Å². The zero-order chi connectivity index (χ0) is 11.1. The molecule has 0 radical (unpaired) electrons. The molecular formula is C12H19ClN2. The van der Waals surface area contributed by atoms with E-state index >= 15 is 0 Å². The van der Waals surface area contributed by atoms with Gasteiger partial charge >= 0.3 is 0 Å². The first-order valence-electron chi connectivity index (χ1n) is 5.45. The third-order valence-corrected chi connectivity index (χ3v) is 2.62. The van der Waals surface area contributed by atoms with Crippen LogP contribution in [0, 0.1) is 6.92 Å². The molecule has 0 aromatic heterocycles. The Morgan fingerprint density at radius 1 is 1.27 bits per heavy atom. The van der Waals surface area contributed by atoms with Crippen LogP contribution in [0.1, 0.15) is 18.9 Å². The second-order valence-corrected chi connectivity index (χ2v) is 3.97. The Bertz CT molecular complexity index is 279. The van der Waals surface area contributed by atoms with Gasteiger partial charge in [-0.25, -0.2) is 0 Å². The van der Waals surface area contributed by atoms with Gasteiger partial charge in [0.15, 0.2) is 0 Å². The SMILES string of the molecule is CCNCCCNc1c(C)cccc1Cl. The smallest absolute Gasteiger partial charge is 0.0640 e. The number of rotatable bonds is 6. The molecule has 0 amide bonds. The monoisotopic (exact) mass is 226 g/mol. The van der Waals surface area contributed by atoms with E-state index in [1.807, 2.05) is 12.1 Å². The molecule has 1 aromatic rings. The van der Waals surface area contributed by atoms with Crippen molar-refractivity contribution in [3.05, 3.63) is 28.8 Å². The molecule has 2 N–H and O–H groups in total. The maximum Gasteiger partial charge on any atom is 0.0640 e. The van der Waals surface area contributed by atoms with Crippen LogP contribution in [0.25, 0.3) is 0 Å². The van der Waals surface area contributed by atoms with E-state index in [1.54, 1.807) is 0 Å². The normalized spacial score (nSPS) is 10.3. The van der Waals surface area contributed by atoms with Crippen molar-refractivity contribution in [1.29, 1.82) is 0 Å². The van der Waals surface area contributed by atoms with Gasteiger partial charge in [0.05, 0.1) is 10.7 Å². The summed E-state index contributed by atoms with van der Waals surface area (Å²) in [5.74, 6) is 0. The summed E-state index contributed by atoms with van der Waals surface area (Å²) in [6.07, 6.45) is 1.11. The second-order valence-electron chi connectivity index (χ2n) is 3.57. The van der Waals surface area contributed by atoms with Gasteiger partial charge in [0.1, 0.15) is 0 Å². The van der Waals surface area contributed by atoms with E-state index in [-0.39, 0.29) is 0 Å². The van der Waals surface area contributed by atoms with Gasteiger partial charge in [0.2, 0.25) is 0 Å². The molecule has 3 heteroatoms. The number of hydrogen-bond acceptors (Lipinski definition) is 2. The minimum Gasteiger partial charge on any atom is -0.384 e. The van der Waals surface area contributed by atoms with Gasteiger partial charge < -0.3 is 10.6 Å². The summed E-state index contributed by atoms with van der Waals surface area (Å²) in [6, 6.07) is 5.96. The summed E-state index contributed by atoms with van der Waals surface area (Å²) in [7, 11) is 0. The minimum atomic E-state index is 0.804. The Labute approximate surface area is 97.0 Å². The first-order chi connectivity index (χ1) is 7.25. The highest BCUT2D eigenvalue weighted by Crippen LogP contribution is 2.24. The highest BCUT2D eigenvalue weighted by molar-refractivity contribution is 6.33. The average Bonchev–Trinajstić information content (AvgIpc) is 2.21. The molecule has 1 aromatic carbocycles. The molecule has 0 unspecified atom stereocenters. The summed E-state index contributed by atoms with van der Waals surface area (Å²) < 4.78 is 0. The second kappa shape index (κ2) is 6.70. The summed E-state index contributed by atoms with van der Waals surface area (Å²) in [5, 5.41) is 7.46. The lowest BCUT2D eigenvalue weighted by molar-refractivity contribution is 0.688. The van der Waals surface area contributed by atoms with Gasteiger partial charge in [-0.3, -0.25) is 0 Å². The molecule has 0 aliphatic carbocycles. The third kappa shape index (κ3) is 4.10. The van der Waals surface area contributed by atoms with Crippen LogP contribution in [-0.2, 0) is 0 Å². The highest BCUT2D eigenvalue weighted by Gasteiger charge is 2.01. The quantitative estimate of drug-likeness (QED) is 0.729. The molecule has 0 atom stereocenters. The Morgan fingerprint density at radius 3 is 2.73 bits per heavy atom. The van der Waals surface area contributed by atoms with Gasteiger partial charge in [0.25, 0.3) is 0 Å². The van der Waals surface area contributed by atoms with Crippen LogP contribution < -0.4 is 10.6 Å². The Hall–Kier alpha value is -0.730. The standard InChI is InChI=1S/C12H19ClN2/c1-3-14-8-5-9-15-12-10(2)6-4-7-11(12)13/h4,6-7,14-15H,3,5,8-9H2,1-2H3. The van der Waals surface area contributed by atoms with Crippen molar-refractivity contribution >= 4 is 17.3 Å². The lowest BCUT2D eigenvalue weighted by Crippen LogP contribution is -2.17. The highest BCUT2D eigenvalue weighted by atomic mass is 35.5. The van der Waals surface area contributed by atoms with Gasteiger partial charge in [-0.05, 0) is 38.1 Å². The largest absolute Gasteiger partial charge is 0.384 e. The summed E-state index contributed by atoms with van der Waals surface area (Å²) >= 11 is 6.09. The number of hydrogen-bond donors (Lipinski definition) is 2. The molecule has 0 fully saturated rings. The fraction of sp³-hybridized carbons (Fsp3) is 0.500. The van der Waals surface area contributed by atoms with Crippen LogP contribution in [0.15, 0.2) is 18.2 Å². The average molecular weight is 227 g/mol. The predicted octanol–water partition coefficient (Wildman–Crippen LogP) is 3.06. The summed E-state index contributed by atoms with van der Waals surface area (Å²) in [4.78, 5) is 0. The molecule has 0 heterocycles. The number of para-hydroxylation sites is 1. The van der Waals surface area contributed by atoms with Crippen molar-refractivity contribution in [3.8, 4) is 0 Å². The van der Waals surface area contributed by atoms with Gasteiger partial charge in [-0.1, -0.05) is 30.7 Å². The summed E-state index contributed by atoms with van der Waals surface area (Å²) in [5.41, 5.74) is 2.27. The molecule has 0 bridgehead atoms. The van der Waals surface area contributed by atoms with E-state index < -0.39 is 0 Å². The molecule has 0 spiro atoms. The van der Waals surface area contributed by atoms with Crippen LogP contribution in [-0.4, -0.2) is 19.6 Å². The molecule has 1 rings (SSSR count). The van der Waals surface area contributed by atoms with Gasteiger partial charge in [0, 0.05) is 6.54 Å². The fourth-order valence-corrected chi connectivity index (χ4v) is 1.75. The van der Waals surface area contributed by atoms with Gasteiger partial charge in [-0.2, -0.15) is 0 Å². The zero-order valence-corrected chi connectivity index (χ0v) is 10.2. The lowest BCUT2D eigenvalue weighted by Gasteiger charge is -2.11. The van der Waals surface area contributed by atoms with Crippen LogP contribution >= 0.6 is 11.6 Å². The van der Waals surface area contributed by atoms with Crippen molar-refractivity contribution < 1.29 is 0 Å². The van der Waals surface area contributed by atoms with Crippen molar-refractivity contribution in [2.75, 3.05) is 25.0 Å². The van der Waals surface area contributed by atoms with Crippen molar-refractivity contribution in [1.82, 2.24) is 5.32 Å². The first kappa shape index (κ1) is 12.3. The Morgan fingerprint density at radius 2 is 2.07 bits per heavy atom. The molecule has 2 nitrogen and oxygen atoms in total. The molecule has 0 saturated carbocycles. The van der Waals surface area contributed by atoms with Crippen LogP contribution in [0.2, 0.25) is 5.02 Å². The minimum absolute atomic E-state index is 0.804. The van der Waals surface area contributed by atoms with E-state index in [1.165, 1.54) is 5.56 Å². The molecule has 15 heavy (non-hydrogen) atoms. The number of benzene rings is 1. The van der Waals surface area contributed by atoms with E-state index in [9.17, 15) is 0 Å². The van der Waals surface area contributed by atoms with Gasteiger partial charge in [-0.15, -0.1) is 0 Å². The number of aryl methyl sites for hydroxylation is 1. The molecule has 0 aliphatic rings. The Balaban J connectivity index is 2.37. The van der Waals surface area contributed by atoms with E-state index in [4.69, 9.17) is 11.6 Å². The lowest BCUT2D eigenvalue weighted by atomic mass is 10.2. The number of halogens is 1. The Kier molecular flexibility index (Phi) is 5.51. The van der Waals surface area contributed by atoms with E-state index in [0.717, 1.165) is 36.8 Å². The maximum absolute atomic E-state index is 6.09. The number of nitrogens with one attached hydrogen (secondary N) is 2. The van der Waals surface area contributed by atoms with Crippen molar-refractivity contribution in [2.45, 2.75) is 20.3 Å². The van der Waals surface area contributed by atoms with Crippen LogP contribution in [0.5, 0.6) is 0 Å². The fourth-order valence-electron chi connectivity index (χ4n) is 1.46. The molecular weight excluding hydrogens is 208 g/mol. The number of anilines is 1. The first-order valence-corrected chi connectivity index (χ1v) is 5.83. The van der Waals surface area contributed by atoms with Crippen molar-refractivity contribution in [2.24, 2.45) is 0 Å². The molecule has 0 aliphatic heterocycles. The van der Waals surface area contributed by atoms with Crippen molar-refractivity contribution in [3.63, 3.8) is 0 Å². The molecule has 84 valence electrons. The predicted molar refractivity (Wildman–Crippen MR) is 67.8 cm³/mol. The maximum atomic E-state index is 6.09. The zero-order valence-electron chi connectivity index (χ0n) is 9.44. The van der Waals surface area contributed by atoms with E-state index in [0.29, 0.717) is 0 Å². The summed E-state index contributed by atoms with van der Waals surface area (Å²) in [6.45, 7) is 7.22.